The van der Waals surface area contributed by atoms with E-state index in [0.717, 1.165) is 25.7 Å². The summed E-state index contributed by atoms with van der Waals surface area (Å²) in [5.74, 6) is 0.0884. The van der Waals surface area contributed by atoms with Gasteiger partial charge in [-0.25, -0.2) is 0 Å². The maximum atomic E-state index is 11.3. The van der Waals surface area contributed by atoms with Gasteiger partial charge in [0.25, 0.3) is 0 Å². The Hall–Kier alpha value is -1.06. The van der Waals surface area contributed by atoms with Crippen LogP contribution in [-0.2, 0) is 14.3 Å². The highest BCUT2D eigenvalue weighted by atomic mass is 16.5. The molecule has 1 rings (SSSR count). The zero-order valence-corrected chi connectivity index (χ0v) is 10.7. The summed E-state index contributed by atoms with van der Waals surface area (Å²) < 4.78 is 5.01. The normalized spacial score (nSPS) is 14.4. The number of nitrogens with one attached hydrogen (secondary N) is 1. The lowest BCUT2D eigenvalue weighted by atomic mass is 10.1. The molecule has 0 aromatic rings. The molecule has 0 aromatic heterocycles. The summed E-state index contributed by atoms with van der Waals surface area (Å²) in [6, 6.07) is 0. The monoisotopic (exact) mass is 241 g/mol. The lowest BCUT2D eigenvalue weighted by Crippen LogP contribution is -2.28. The molecule has 1 aliphatic carbocycles. The average molecular weight is 241 g/mol. The Balaban J connectivity index is 1.87. The minimum absolute atomic E-state index is 0.0589. The van der Waals surface area contributed by atoms with E-state index in [-0.39, 0.29) is 17.8 Å². The Morgan fingerprint density at radius 3 is 2.65 bits per heavy atom. The van der Waals surface area contributed by atoms with E-state index >= 15 is 0 Å². The van der Waals surface area contributed by atoms with E-state index in [2.05, 4.69) is 12.2 Å². The molecule has 1 aliphatic rings. The van der Waals surface area contributed by atoms with Gasteiger partial charge in [0.15, 0.2) is 0 Å². The summed E-state index contributed by atoms with van der Waals surface area (Å²) in [7, 11) is 0. The highest BCUT2D eigenvalue weighted by Crippen LogP contribution is 2.29. The Morgan fingerprint density at radius 2 is 2.00 bits per heavy atom. The first-order chi connectivity index (χ1) is 8.24. The molecule has 17 heavy (non-hydrogen) atoms. The van der Waals surface area contributed by atoms with Crippen LogP contribution >= 0.6 is 0 Å². The number of carbonyl (C=O) groups excluding carboxylic acids is 2. The van der Waals surface area contributed by atoms with Crippen LogP contribution in [0.5, 0.6) is 0 Å². The highest BCUT2D eigenvalue weighted by molar-refractivity contribution is 5.76. The number of unbranched alkanes of at least 4 members (excludes halogenated alkanes) is 3. The fourth-order valence-corrected chi connectivity index (χ4v) is 1.58. The van der Waals surface area contributed by atoms with Gasteiger partial charge in [-0.2, -0.15) is 0 Å². The number of ether oxygens (including phenoxy) is 1. The number of esters is 1. The van der Waals surface area contributed by atoms with Gasteiger partial charge < -0.3 is 10.1 Å². The summed E-state index contributed by atoms with van der Waals surface area (Å²) in [5.41, 5.74) is 0. The molecule has 1 amide bonds. The molecule has 4 nitrogen and oxygen atoms in total. The fourth-order valence-electron chi connectivity index (χ4n) is 1.58. The molecule has 0 aliphatic heterocycles. The van der Waals surface area contributed by atoms with Crippen molar-refractivity contribution in [2.75, 3.05) is 13.2 Å². The van der Waals surface area contributed by atoms with Crippen molar-refractivity contribution in [3.63, 3.8) is 0 Å². The van der Waals surface area contributed by atoms with Crippen molar-refractivity contribution in [1.82, 2.24) is 5.32 Å². The summed E-state index contributed by atoms with van der Waals surface area (Å²) in [6.07, 6.45) is 6.93. The molecular formula is C13H23NO3. The second-order valence-electron chi connectivity index (χ2n) is 4.60. The smallest absolute Gasteiger partial charge is 0.308 e. The first kappa shape index (κ1) is 14.0. The fraction of sp³-hybridized carbons (Fsp3) is 0.846. The van der Waals surface area contributed by atoms with Crippen molar-refractivity contribution in [1.29, 1.82) is 0 Å². The van der Waals surface area contributed by atoms with Crippen LogP contribution in [0.4, 0.5) is 0 Å². The number of hydrogen-bond donors (Lipinski definition) is 1. The van der Waals surface area contributed by atoms with Gasteiger partial charge in [-0.05, 0) is 19.3 Å². The van der Waals surface area contributed by atoms with Gasteiger partial charge in [0.2, 0.25) is 5.91 Å². The molecule has 0 aromatic carbocycles. The van der Waals surface area contributed by atoms with E-state index in [1.165, 1.54) is 12.8 Å². The van der Waals surface area contributed by atoms with Crippen LogP contribution in [0.15, 0.2) is 0 Å². The highest BCUT2D eigenvalue weighted by Gasteiger charge is 2.30. The lowest BCUT2D eigenvalue weighted by molar-refractivity contribution is -0.145. The Labute approximate surface area is 103 Å². The number of carbonyl (C=O) groups is 2. The molecule has 0 unspecified atom stereocenters. The molecule has 0 spiro atoms. The lowest BCUT2D eigenvalue weighted by Gasteiger charge is -2.06. The summed E-state index contributed by atoms with van der Waals surface area (Å²) in [6.45, 7) is 2.88. The van der Waals surface area contributed by atoms with Gasteiger partial charge in [0.05, 0.1) is 12.5 Å². The third-order valence-corrected chi connectivity index (χ3v) is 2.84. The SMILES string of the molecule is CCCCCCC(=O)NCCOC(=O)C1CC1. The predicted octanol–water partition coefficient (Wildman–Crippen LogP) is 2.03. The Bertz CT molecular complexity index is 249. The van der Waals surface area contributed by atoms with E-state index in [9.17, 15) is 9.59 Å². The van der Waals surface area contributed by atoms with Crippen molar-refractivity contribution >= 4 is 11.9 Å². The van der Waals surface area contributed by atoms with E-state index in [1.807, 2.05) is 0 Å². The second-order valence-corrected chi connectivity index (χ2v) is 4.60. The topological polar surface area (TPSA) is 55.4 Å². The average Bonchev–Trinajstić information content (AvgIpc) is 3.14. The van der Waals surface area contributed by atoms with Gasteiger partial charge in [0, 0.05) is 6.42 Å². The van der Waals surface area contributed by atoms with E-state index in [1.54, 1.807) is 0 Å². The van der Waals surface area contributed by atoms with Crippen LogP contribution < -0.4 is 5.32 Å². The minimum Gasteiger partial charge on any atom is -0.464 e. The first-order valence-electron chi connectivity index (χ1n) is 6.67. The van der Waals surface area contributed by atoms with Crippen molar-refractivity contribution in [2.24, 2.45) is 5.92 Å². The molecule has 0 radical (unpaired) electrons. The maximum Gasteiger partial charge on any atom is 0.308 e. The second kappa shape index (κ2) is 8.09. The van der Waals surface area contributed by atoms with Gasteiger partial charge in [0.1, 0.15) is 6.61 Å². The van der Waals surface area contributed by atoms with Crippen LogP contribution in [0.2, 0.25) is 0 Å². The quantitative estimate of drug-likeness (QED) is 0.496. The van der Waals surface area contributed by atoms with Crippen molar-refractivity contribution in [2.45, 2.75) is 51.9 Å². The van der Waals surface area contributed by atoms with E-state index in [0.29, 0.717) is 19.6 Å². The van der Waals surface area contributed by atoms with Crippen LogP contribution in [0.1, 0.15) is 51.9 Å². The zero-order chi connectivity index (χ0) is 12.5. The van der Waals surface area contributed by atoms with Crippen molar-refractivity contribution in [3.8, 4) is 0 Å². The molecule has 1 fully saturated rings. The third kappa shape index (κ3) is 6.97. The van der Waals surface area contributed by atoms with Gasteiger partial charge >= 0.3 is 5.97 Å². The molecule has 0 saturated heterocycles. The molecular weight excluding hydrogens is 218 g/mol. The summed E-state index contributed by atoms with van der Waals surface area (Å²) >= 11 is 0. The molecule has 98 valence electrons. The molecule has 0 atom stereocenters. The largest absolute Gasteiger partial charge is 0.464 e. The maximum absolute atomic E-state index is 11.3. The van der Waals surface area contributed by atoms with E-state index in [4.69, 9.17) is 4.74 Å². The molecule has 1 N–H and O–H groups in total. The van der Waals surface area contributed by atoms with Crippen LogP contribution in [0.25, 0.3) is 0 Å². The van der Waals surface area contributed by atoms with Crippen molar-refractivity contribution in [3.05, 3.63) is 0 Å². The van der Waals surface area contributed by atoms with Crippen molar-refractivity contribution < 1.29 is 14.3 Å². The van der Waals surface area contributed by atoms with Gasteiger partial charge in [-0.1, -0.05) is 26.2 Å². The number of hydrogen-bond acceptors (Lipinski definition) is 3. The third-order valence-electron chi connectivity index (χ3n) is 2.84. The number of amides is 1. The summed E-state index contributed by atoms with van der Waals surface area (Å²) in [4.78, 5) is 22.5. The Kier molecular flexibility index (Phi) is 6.67. The van der Waals surface area contributed by atoms with E-state index < -0.39 is 0 Å². The molecule has 1 saturated carbocycles. The zero-order valence-electron chi connectivity index (χ0n) is 10.7. The summed E-state index contributed by atoms with van der Waals surface area (Å²) in [5, 5.41) is 2.76. The van der Waals surface area contributed by atoms with Crippen LogP contribution in [0, 0.1) is 5.92 Å². The molecule has 0 heterocycles. The number of rotatable bonds is 9. The molecule has 0 bridgehead atoms. The van der Waals surface area contributed by atoms with Gasteiger partial charge in [-0.3, -0.25) is 9.59 Å². The van der Waals surface area contributed by atoms with Gasteiger partial charge in [-0.15, -0.1) is 0 Å². The minimum atomic E-state index is -0.109. The predicted molar refractivity (Wildman–Crippen MR) is 65.5 cm³/mol. The Morgan fingerprint density at radius 1 is 1.24 bits per heavy atom. The van der Waals surface area contributed by atoms with Crippen LogP contribution in [-0.4, -0.2) is 25.0 Å². The molecule has 4 heteroatoms. The standard InChI is InChI=1S/C13H23NO3/c1-2-3-4-5-6-12(15)14-9-10-17-13(16)11-7-8-11/h11H,2-10H2,1H3,(H,14,15). The first-order valence-corrected chi connectivity index (χ1v) is 6.67. The van der Waals surface area contributed by atoms with Crippen LogP contribution in [0.3, 0.4) is 0 Å².